The number of carbonyl (C=O) groups excluding carboxylic acids is 1. The fraction of sp³-hybridized carbons (Fsp3) is 0.375. The van der Waals surface area contributed by atoms with Gasteiger partial charge in [-0.3, -0.25) is 9.48 Å². The molecule has 0 radical (unpaired) electrons. The van der Waals surface area contributed by atoms with Crippen molar-refractivity contribution in [1.82, 2.24) is 9.78 Å². The molecule has 0 fully saturated rings. The average Bonchev–Trinajstić information content (AvgIpc) is 2.81. The Labute approximate surface area is 117 Å². The molecule has 0 amide bonds. The van der Waals surface area contributed by atoms with Crippen molar-refractivity contribution in [2.24, 2.45) is 0 Å². The van der Waals surface area contributed by atoms with Gasteiger partial charge in [-0.15, -0.1) is 0 Å². The molecule has 1 heterocycles. The second-order valence-corrected chi connectivity index (χ2v) is 5.15. The van der Waals surface area contributed by atoms with Crippen LogP contribution >= 0.6 is 0 Å². The first-order valence-corrected chi connectivity index (χ1v) is 7.06. The molecule has 1 aliphatic rings. The van der Waals surface area contributed by atoms with Crippen LogP contribution < -0.4 is 0 Å². The number of Topliss-reactive ketones (excluding diaryl/α,β-unsaturated/α-hetero) is 1. The standard InChI is InChI=1S/C16H17FN2O/c1-2-13-16-14(8-5-9-15(16)20)19(18-13)10-11-6-3-4-7-12(11)17/h3-4,6-7H,2,5,8-10H2,1H3. The number of ketones is 1. The summed E-state index contributed by atoms with van der Waals surface area (Å²) in [6.45, 7) is 2.39. The van der Waals surface area contributed by atoms with Crippen molar-refractivity contribution in [2.75, 3.05) is 0 Å². The van der Waals surface area contributed by atoms with E-state index in [1.54, 1.807) is 12.1 Å². The van der Waals surface area contributed by atoms with Crippen molar-refractivity contribution in [3.8, 4) is 0 Å². The van der Waals surface area contributed by atoms with Crippen molar-refractivity contribution in [1.29, 1.82) is 0 Å². The Hall–Kier alpha value is -1.97. The third kappa shape index (κ3) is 2.15. The Morgan fingerprint density at radius 3 is 2.85 bits per heavy atom. The van der Waals surface area contributed by atoms with Gasteiger partial charge in [0, 0.05) is 17.7 Å². The maximum absolute atomic E-state index is 13.8. The van der Waals surface area contributed by atoms with Crippen molar-refractivity contribution in [2.45, 2.75) is 39.2 Å². The van der Waals surface area contributed by atoms with Crippen LogP contribution in [-0.2, 0) is 19.4 Å². The Bertz CT molecular complexity index is 660. The van der Waals surface area contributed by atoms with Crippen molar-refractivity contribution in [3.05, 3.63) is 52.6 Å². The lowest BCUT2D eigenvalue weighted by Crippen LogP contribution is -2.15. The first-order valence-electron chi connectivity index (χ1n) is 7.06. The molecule has 3 nitrogen and oxygen atoms in total. The van der Waals surface area contributed by atoms with E-state index in [9.17, 15) is 9.18 Å². The monoisotopic (exact) mass is 272 g/mol. The maximum Gasteiger partial charge on any atom is 0.166 e. The normalized spacial score (nSPS) is 14.4. The number of carbonyl (C=O) groups is 1. The number of nitrogens with zero attached hydrogens (tertiary/aromatic N) is 2. The Morgan fingerprint density at radius 2 is 2.10 bits per heavy atom. The predicted octanol–water partition coefficient (Wildman–Crippen LogP) is 3.15. The molecule has 0 saturated heterocycles. The van der Waals surface area contributed by atoms with E-state index in [4.69, 9.17) is 0 Å². The van der Waals surface area contributed by atoms with Crippen molar-refractivity contribution < 1.29 is 9.18 Å². The number of benzene rings is 1. The van der Waals surface area contributed by atoms with Crippen molar-refractivity contribution in [3.63, 3.8) is 0 Å². The van der Waals surface area contributed by atoms with Gasteiger partial charge in [-0.05, 0) is 25.3 Å². The molecule has 0 aliphatic heterocycles. The van der Waals surface area contributed by atoms with E-state index in [2.05, 4.69) is 5.10 Å². The molecule has 1 aromatic carbocycles. The highest BCUT2D eigenvalue weighted by molar-refractivity contribution is 5.99. The summed E-state index contributed by atoms with van der Waals surface area (Å²) in [4.78, 5) is 12.1. The Morgan fingerprint density at radius 1 is 1.30 bits per heavy atom. The minimum Gasteiger partial charge on any atom is -0.294 e. The SMILES string of the molecule is CCc1nn(Cc2ccccc2F)c2c1C(=O)CCC2. The second kappa shape index (κ2) is 5.19. The molecule has 0 N–H and O–H groups in total. The molecule has 20 heavy (non-hydrogen) atoms. The first-order chi connectivity index (χ1) is 9.70. The van der Waals surface area contributed by atoms with E-state index in [1.165, 1.54) is 6.07 Å². The van der Waals surface area contributed by atoms with Gasteiger partial charge >= 0.3 is 0 Å². The highest BCUT2D eigenvalue weighted by atomic mass is 19.1. The molecular formula is C16H17FN2O. The van der Waals surface area contributed by atoms with Gasteiger partial charge in [0.1, 0.15) is 5.82 Å². The minimum atomic E-state index is -0.225. The summed E-state index contributed by atoms with van der Waals surface area (Å²) in [6, 6.07) is 6.72. The zero-order valence-electron chi connectivity index (χ0n) is 11.5. The molecule has 104 valence electrons. The van der Waals surface area contributed by atoms with Crippen LogP contribution in [0.4, 0.5) is 4.39 Å². The molecule has 0 bridgehead atoms. The van der Waals surface area contributed by atoms with Crippen LogP contribution in [0, 0.1) is 5.82 Å². The van der Waals surface area contributed by atoms with Gasteiger partial charge in [0.2, 0.25) is 0 Å². The molecule has 0 atom stereocenters. The van der Waals surface area contributed by atoms with Crippen LogP contribution in [0.15, 0.2) is 24.3 Å². The van der Waals surface area contributed by atoms with Crippen LogP contribution in [0.5, 0.6) is 0 Å². The first kappa shape index (κ1) is 13.0. The van der Waals surface area contributed by atoms with Crippen molar-refractivity contribution >= 4 is 5.78 Å². The Balaban J connectivity index is 2.03. The third-order valence-electron chi connectivity index (χ3n) is 3.84. The molecule has 1 aliphatic carbocycles. The molecular weight excluding hydrogens is 255 g/mol. The van der Waals surface area contributed by atoms with Crippen LogP contribution in [0.25, 0.3) is 0 Å². The van der Waals surface area contributed by atoms with Gasteiger partial charge in [-0.25, -0.2) is 4.39 Å². The highest BCUT2D eigenvalue weighted by Gasteiger charge is 2.26. The number of hydrogen-bond acceptors (Lipinski definition) is 2. The summed E-state index contributed by atoms with van der Waals surface area (Å²) < 4.78 is 15.6. The van der Waals surface area contributed by atoms with Gasteiger partial charge in [0.25, 0.3) is 0 Å². The summed E-state index contributed by atoms with van der Waals surface area (Å²) >= 11 is 0. The fourth-order valence-electron chi connectivity index (χ4n) is 2.84. The molecule has 4 heteroatoms. The van der Waals surface area contributed by atoms with Crippen LogP contribution in [-0.4, -0.2) is 15.6 Å². The van der Waals surface area contributed by atoms with Crippen LogP contribution in [0.2, 0.25) is 0 Å². The minimum absolute atomic E-state index is 0.183. The van der Waals surface area contributed by atoms with Crippen LogP contribution in [0.1, 0.15) is 47.1 Å². The molecule has 3 rings (SSSR count). The fourth-order valence-corrected chi connectivity index (χ4v) is 2.84. The molecule has 2 aromatic rings. The smallest absolute Gasteiger partial charge is 0.166 e. The van der Waals surface area contributed by atoms with E-state index < -0.39 is 0 Å². The highest BCUT2D eigenvalue weighted by Crippen LogP contribution is 2.25. The van der Waals surface area contributed by atoms with Gasteiger partial charge in [0.15, 0.2) is 5.78 Å². The van der Waals surface area contributed by atoms with Crippen LogP contribution in [0.3, 0.4) is 0 Å². The topological polar surface area (TPSA) is 34.9 Å². The largest absolute Gasteiger partial charge is 0.294 e. The van der Waals surface area contributed by atoms with Gasteiger partial charge < -0.3 is 0 Å². The zero-order chi connectivity index (χ0) is 14.1. The van der Waals surface area contributed by atoms with Gasteiger partial charge in [0.05, 0.1) is 17.8 Å². The molecule has 0 saturated carbocycles. The van der Waals surface area contributed by atoms with Gasteiger partial charge in [-0.2, -0.15) is 5.10 Å². The maximum atomic E-state index is 13.8. The number of rotatable bonds is 3. The summed E-state index contributed by atoms with van der Waals surface area (Å²) in [5, 5.41) is 4.53. The Kier molecular flexibility index (Phi) is 3.38. The predicted molar refractivity (Wildman–Crippen MR) is 74.4 cm³/mol. The number of aryl methyl sites for hydroxylation is 1. The van der Waals surface area contributed by atoms with E-state index in [0.717, 1.165) is 36.2 Å². The molecule has 1 aromatic heterocycles. The molecule has 0 unspecified atom stereocenters. The average molecular weight is 272 g/mol. The summed E-state index contributed by atoms with van der Waals surface area (Å²) in [5.41, 5.74) is 3.22. The number of fused-ring (bicyclic) bond motifs is 1. The lowest BCUT2D eigenvalue weighted by atomic mass is 9.94. The van der Waals surface area contributed by atoms with E-state index >= 15 is 0 Å². The summed E-state index contributed by atoms with van der Waals surface area (Å²) in [6.07, 6.45) is 3.05. The second-order valence-electron chi connectivity index (χ2n) is 5.15. The molecule has 0 spiro atoms. The zero-order valence-corrected chi connectivity index (χ0v) is 11.5. The van der Waals surface area contributed by atoms with E-state index in [0.29, 0.717) is 18.5 Å². The quantitative estimate of drug-likeness (QED) is 0.860. The van der Waals surface area contributed by atoms with E-state index in [1.807, 2.05) is 17.7 Å². The third-order valence-corrected chi connectivity index (χ3v) is 3.84. The number of hydrogen-bond donors (Lipinski definition) is 0. The van der Waals surface area contributed by atoms with E-state index in [-0.39, 0.29) is 11.6 Å². The summed E-state index contributed by atoms with van der Waals surface area (Å²) in [5.74, 6) is -0.0418. The lowest BCUT2D eigenvalue weighted by Gasteiger charge is -2.13. The number of halogens is 1. The van der Waals surface area contributed by atoms with Gasteiger partial charge in [-0.1, -0.05) is 25.1 Å². The summed E-state index contributed by atoms with van der Waals surface area (Å²) in [7, 11) is 0. The lowest BCUT2D eigenvalue weighted by molar-refractivity contribution is 0.0971. The number of aromatic nitrogens is 2.